The first-order chi connectivity index (χ1) is 8.81. The number of hydrogen-bond acceptors (Lipinski definition) is 5. The zero-order chi connectivity index (χ0) is 12.8. The molecule has 0 aliphatic carbocycles. The van der Waals surface area contributed by atoms with Gasteiger partial charge in [0.15, 0.2) is 0 Å². The van der Waals surface area contributed by atoms with Crippen molar-refractivity contribution in [2.45, 2.75) is 6.54 Å². The quantitative estimate of drug-likeness (QED) is 0.853. The van der Waals surface area contributed by atoms with E-state index in [0.717, 1.165) is 11.4 Å². The van der Waals surface area contributed by atoms with E-state index < -0.39 is 0 Å². The van der Waals surface area contributed by atoms with Crippen LogP contribution in [0.15, 0.2) is 36.5 Å². The summed E-state index contributed by atoms with van der Waals surface area (Å²) in [5.74, 6) is 1.32. The highest BCUT2D eigenvalue weighted by molar-refractivity contribution is 5.41. The van der Waals surface area contributed by atoms with Crippen molar-refractivity contribution in [1.29, 1.82) is 5.26 Å². The fraction of sp³-hybridized carbons (Fsp3) is 0.154. The van der Waals surface area contributed by atoms with Gasteiger partial charge in [-0.1, -0.05) is 12.1 Å². The van der Waals surface area contributed by atoms with Crippen LogP contribution in [0, 0.1) is 11.3 Å². The zero-order valence-electron chi connectivity index (χ0n) is 10.0. The van der Waals surface area contributed by atoms with E-state index >= 15 is 0 Å². The summed E-state index contributed by atoms with van der Waals surface area (Å²) < 4.78 is 0. The molecule has 1 aromatic heterocycles. The number of anilines is 2. The van der Waals surface area contributed by atoms with Crippen molar-refractivity contribution >= 4 is 11.8 Å². The van der Waals surface area contributed by atoms with E-state index in [4.69, 9.17) is 5.26 Å². The minimum absolute atomic E-state index is 0.575. The SMILES string of the molecule is CNc1nccc(NCc2cccc(C#N)c2)n1. The molecule has 1 aromatic carbocycles. The normalized spacial score (nSPS) is 9.56. The fourth-order valence-electron chi connectivity index (χ4n) is 1.52. The van der Waals surface area contributed by atoms with Crippen molar-refractivity contribution in [2.75, 3.05) is 17.7 Å². The van der Waals surface area contributed by atoms with Crippen LogP contribution in [0.2, 0.25) is 0 Å². The van der Waals surface area contributed by atoms with Gasteiger partial charge in [-0.2, -0.15) is 10.2 Å². The van der Waals surface area contributed by atoms with Gasteiger partial charge in [0.2, 0.25) is 5.95 Å². The second-order valence-electron chi connectivity index (χ2n) is 3.68. The zero-order valence-corrected chi connectivity index (χ0v) is 10.0. The number of benzene rings is 1. The van der Waals surface area contributed by atoms with Gasteiger partial charge in [-0.15, -0.1) is 0 Å². The maximum absolute atomic E-state index is 8.82. The molecule has 1 heterocycles. The lowest BCUT2D eigenvalue weighted by Gasteiger charge is -2.06. The van der Waals surface area contributed by atoms with Crippen molar-refractivity contribution in [2.24, 2.45) is 0 Å². The van der Waals surface area contributed by atoms with E-state index in [1.54, 1.807) is 25.4 Å². The number of aromatic nitrogens is 2. The molecular formula is C13H13N5. The molecule has 2 N–H and O–H groups in total. The van der Waals surface area contributed by atoms with Crippen LogP contribution >= 0.6 is 0 Å². The van der Waals surface area contributed by atoms with Crippen LogP contribution in [0.25, 0.3) is 0 Å². The lowest BCUT2D eigenvalue weighted by molar-refractivity contribution is 1.08. The molecule has 5 nitrogen and oxygen atoms in total. The van der Waals surface area contributed by atoms with Crippen molar-refractivity contribution in [3.63, 3.8) is 0 Å². The molecule has 0 spiro atoms. The van der Waals surface area contributed by atoms with Crippen LogP contribution in [0.1, 0.15) is 11.1 Å². The van der Waals surface area contributed by atoms with E-state index in [-0.39, 0.29) is 0 Å². The van der Waals surface area contributed by atoms with Crippen LogP contribution in [0.3, 0.4) is 0 Å². The highest BCUT2D eigenvalue weighted by atomic mass is 15.1. The molecule has 0 unspecified atom stereocenters. The van der Waals surface area contributed by atoms with E-state index in [2.05, 4.69) is 26.7 Å². The van der Waals surface area contributed by atoms with Crippen LogP contribution in [-0.4, -0.2) is 17.0 Å². The second kappa shape index (κ2) is 5.64. The van der Waals surface area contributed by atoms with Crippen LogP contribution in [-0.2, 0) is 6.54 Å². The third-order valence-electron chi connectivity index (χ3n) is 2.41. The summed E-state index contributed by atoms with van der Waals surface area (Å²) in [4.78, 5) is 8.29. The Kier molecular flexibility index (Phi) is 3.72. The van der Waals surface area contributed by atoms with Gasteiger partial charge < -0.3 is 10.6 Å². The molecule has 0 aliphatic heterocycles. The molecule has 0 saturated heterocycles. The Labute approximate surface area is 106 Å². The Morgan fingerprint density at radius 1 is 1.33 bits per heavy atom. The Bertz CT molecular complexity index is 574. The summed E-state index contributed by atoms with van der Waals surface area (Å²) in [5.41, 5.74) is 1.70. The van der Waals surface area contributed by atoms with Crippen molar-refractivity contribution in [3.05, 3.63) is 47.7 Å². The number of hydrogen-bond donors (Lipinski definition) is 2. The Morgan fingerprint density at radius 3 is 3.00 bits per heavy atom. The molecule has 0 bridgehead atoms. The number of nitrogens with one attached hydrogen (secondary N) is 2. The van der Waals surface area contributed by atoms with E-state index in [0.29, 0.717) is 18.1 Å². The summed E-state index contributed by atoms with van der Waals surface area (Å²) in [6.45, 7) is 0.621. The average Bonchev–Trinajstić information content (AvgIpc) is 2.45. The van der Waals surface area contributed by atoms with E-state index in [1.807, 2.05) is 18.2 Å². The van der Waals surface area contributed by atoms with Gasteiger partial charge in [-0.3, -0.25) is 0 Å². The Balaban J connectivity index is 2.04. The van der Waals surface area contributed by atoms with Crippen LogP contribution in [0.4, 0.5) is 11.8 Å². The molecule has 5 heteroatoms. The first-order valence-corrected chi connectivity index (χ1v) is 5.55. The third-order valence-corrected chi connectivity index (χ3v) is 2.41. The molecule has 0 amide bonds. The van der Waals surface area contributed by atoms with Gasteiger partial charge in [0, 0.05) is 19.8 Å². The molecule has 18 heavy (non-hydrogen) atoms. The molecule has 2 rings (SSSR count). The molecule has 0 radical (unpaired) electrons. The first kappa shape index (κ1) is 11.9. The van der Waals surface area contributed by atoms with E-state index in [9.17, 15) is 0 Å². The molecular weight excluding hydrogens is 226 g/mol. The summed E-state index contributed by atoms with van der Waals surface area (Å²) in [6.07, 6.45) is 1.69. The monoisotopic (exact) mass is 239 g/mol. The van der Waals surface area contributed by atoms with Gasteiger partial charge in [0.1, 0.15) is 5.82 Å². The summed E-state index contributed by atoms with van der Waals surface area (Å²) in [5, 5.41) is 14.9. The minimum atomic E-state index is 0.575. The average molecular weight is 239 g/mol. The van der Waals surface area contributed by atoms with Gasteiger partial charge in [0.05, 0.1) is 11.6 Å². The molecule has 0 fully saturated rings. The Morgan fingerprint density at radius 2 is 2.22 bits per heavy atom. The fourth-order valence-corrected chi connectivity index (χ4v) is 1.52. The molecule has 2 aromatic rings. The third kappa shape index (κ3) is 2.95. The predicted molar refractivity (Wildman–Crippen MR) is 70.1 cm³/mol. The topological polar surface area (TPSA) is 73.6 Å². The number of nitrogens with zero attached hydrogens (tertiary/aromatic N) is 3. The molecule has 0 aliphatic rings. The van der Waals surface area contributed by atoms with Crippen molar-refractivity contribution < 1.29 is 0 Å². The summed E-state index contributed by atoms with van der Waals surface area (Å²) in [6, 6.07) is 11.4. The van der Waals surface area contributed by atoms with E-state index in [1.165, 1.54) is 0 Å². The highest BCUT2D eigenvalue weighted by Crippen LogP contribution is 2.09. The number of nitriles is 1. The lowest BCUT2D eigenvalue weighted by atomic mass is 10.1. The molecule has 90 valence electrons. The maximum Gasteiger partial charge on any atom is 0.224 e. The van der Waals surface area contributed by atoms with Gasteiger partial charge >= 0.3 is 0 Å². The number of rotatable bonds is 4. The summed E-state index contributed by atoms with van der Waals surface area (Å²) in [7, 11) is 1.77. The standard InChI is InChI=1S/C13H13N5/c1-15-13-16-6-5-12(18-13)17-9-11-4-2-3-10(7-11)8-14/h2-7H,9H2,1H3,(H2,15,16,17,18). The van der Waals surface area contributed by atoms with Crippen molar-refractivity contribution in [3.8, 4) is 6.07 Å². The van der Waals surface area contributed by atoms with Gasteiger partial charge in [0.25, 0.3) is 0 Å². The molecule has 0 atom stereocenters. The smallest absolute Gasteiger partial charge is 0.224 e. The maximum atomic E-state index is 8.82. The highest BCUT2D eigenvalue weighted by Gasteiger charge is 1.98. The van der Waals surface area contributed by atoms with Gasteiger partial charge in [-0.05, 0) is 23.8 Å². The Hall–Kier alpha value is -2.61. The lowest BCUT2D eigenvalue weighted by Crippen LogP contribution is -2.04. The van der Waals surface area contributed by atoms with Gasteiger partial charge in [-0.25, -0.2) is 4.98 Å². The van der Waals surface area contributed by atoms with Crippen molar-refractivity contribution in [1.82, 2.24) is 9.97 Å². The second-order valence-corrected chi connectivity index (χ2v) is 3.68. The predicted octanol–water partition coefficient (Wildman–Crippen LogP) is 2.00. The minimum Gasteiger partial charge on any atom is -0.366 e. The van der Waals surface area contributed by atoms with Crippen LogP contribution < -0.4 is 10.6 Å². The first-order valence-electron chi connectivity index (χ1n) is 5.55. The van der Waals surface area contributed by atoms with Crippen LogP contribution in [0.5, 0.6) is 0 Å². The molecule has 0 saturated carbocycles. The summed E-state index contributed by atoms with van der Waals surface area (Å²) >= 11 is 0. The largest absolute Gasteiger partial charge is 0.366 e.